The first-order valence-corrected chi connectivity index (χ1v) is 10.6. The summed E-state index contributed by atoms with van der Waals surface area (Å²) in [5.74, 6) is 0.0238. The number of fused-ring (bicyclic) bond motifs is 1. The molecular formula is C24H23N3OS. The van der Waals surface area contributed by atoms with E-state index in [-0.39, 0.29) is 5.91 Å². The van der Waals surface area contributed by atoms with Crippen LogP contribution in [0.2, 0.25) is 0 Å². The fraction of sp³-hybridized carbons (Fsp3) is 0.208. The lowest BCUT2D eigenvalue weighted by molar-refractivity contribution is -0.118. The van der Waals surface area contributed by atoms with Crippen molar-refractivity contribution >= 4 is 32.6 Å². The van der Waals surface area contributed by atoms with Gasteiger partial charge in [0.1, 0.15) is 0 Å². The van der Waals surface area contributed by atoms with Gasteiger partial charge < -0.3 is 0 Å². The van der Waals surface area contributed by atoms with E-state index in [0.29, 0.717) is 18.1 Å². The van der Waals surface area contributed by atoms with Crippen LogP contribution in [-0.2, 0) is 24.2 Å². The van der Waals surface area contributed by atoms with Gasteiger partial charge in [0, 0.05) is 6.20 Å². The average molecular weight is 402 g/mol. The molecule has 0 unspecified atom stereocenters. The zero-order chi connectivity index (χ0) is 20.2. The second kappa shape index (κ2) is 8.53. The van der Waals surface area contributed by atoms with Crippen molar-refractivity contribution in [2.24, 2.45) is 0 Å². The summed E-state index contributed by atoms with van der Waals surface area (Å²) in [7, 11) is 0. The number of carbonyl (C=O) groups is 1. The summed E-state index contributed by atoms with van der Waals surface area (Å²) in [5.41, 5.74) is 5.23. The minimum absolute atomic E-state index is 0.0238. The molecule has 0 saturated carbocycles. The number of aromatic nitrogens is 2. The first-order valence-electron chi connectivity index (χ1n) is 9.77. The molecule has 0 aliphatic carbocycles. The van der Waals surface area contributed by atoms with Gasteiger partial charge in [-0.1, -0.05) is 54.7 Å². The van der Waals surface area contributed by atoms with Gasteiger partial charge in [-0.3, -0.25) is 14.7 Å². The second-order valence-corrected chi connectivity index (χ2v) is 8.12. The molecule has 4 rings (SSSR count). The molecule has 0 N–H and O–H groups in total. The van der Waals surface area contributed by atoms with E-state index in [2.05, 4.69) is 37.0 Å². The van der Waals surface area contributed by atoms with Gasteiger partial charge in [0.2, 0.25) is 5.91 Å². The number of amides is 1. The Morgan fingerprint density at radius 3 is 2.55 bits per heavy atom. The molecule has 4 nitrogen and oxygen atoms in total. The number of aryl methyl sites for hydroxylation is 2. The van der Waals surface area contributed by atoms with Crippen molar-refractivity contribution < 1.29 is 4.79 Å². The van der Waals surface area contributed by atoms with Gasteiger partial charge >= 0.3 is 0 Å². The van der Waals surface area contributed by atoms with Crippen LogP contribution in [0.3, 0.4) is 0 Å². The van der Waals surface area contributed by atoms with E-state index in [4.69, 9.17) is 4.98 Å². The lowest BCUT2D eigenvalue weighted by Crippen LogP contribution is -2.32. The first kappa shape index (κ1) is 19.3. The molecule has 0 aliphatic rings. The van der Waals surface area contributed by atoms with E-state index in [9.17, 15) is 4.79 Å². The first-order chi connectivity index (χ1) is 14.1. The van der Waals surface area contributed by atoms with Gasteiger partial charge in [0.25, 0.3) is 0 Å². The third-order valence-electron chi connectivity index (χ3n) is 4.90. The largest absolute Gasteiger partial charge is 0.282 e. The highest BCUT2D eigenvalue weighted by Crippen LogP contribution is 2.30. The number of hydrogen-bond acceptors (Lipinski definition) is 4. The van der Waals surface area contributed by atoms with Gasteiger partial charge in [-0.05, 0) is 54.3 Å². The van der Waals surface area contributed by atoms with Crippen molar-refractivity contribution in [1.82, 2.24) is 9.97 Å². The fourth-order valence-corrected chi connectivity index (χ4v) is 4.29. The van der Waals surface area contributed by atoms with Gasteiger partial charge in [-0.2, -0.15) is 0 Å². The van der Waals surface area contributed by atoms with Crippen LogP contribution in [0.15, 0.2) is 66.9 Å². The van der Waals surface area contributed by atoms with Crippen LogP contribution in [0, 0.1) is 6.92 Å². The molecular weight excluding hydrogens is 378 g/mol. The van der Waals surface area contributed by atoms with Gasteiger partial charge in [-0.25, -0.2) is 4.98 Å². The van der Waals surface area contributed by atoms with Gasteiger partial charge in [0.15, 0.2) is 5.13 Å². The highest BCUT2D eigenvalue weighted by atomic mass is 32.1. The summed E-state index contributed by atoms with van der Waals surface area (Å²) in [6.45, 7) is 4.60. The van der Waals surface area contributed by atoms with Crippen molar-refractivity contribution in [2.45, 2.75) is 33.2 Å². The SMILES string of the molecule is CCc1ccc(CC(=O)N(Cc2ccccn2)c2nc3ccc(C)cc3s2)cc1. The number of anilines is 1. The molecule has 146 valence electrons. The Balaban J connectivity index is 1.65. The van der Waals surface area contributed by atoms with Gasteiger partial charge in [-0.15, -0.1) is 0 Å². The van der Waals surface area contributed by atoms with E-state index < -0.39 is 0 Å². The highest BCUT2D eigenvalue weighted by Gasteiger charge is 2.21. The van der Waals surface area contributed by atoms with E-state index in [0.717, 1.165) is 27.9 Å². The van der Waals surface area contributed by atoms with Crippen molar-refractivity contribution in [3.63, 3.8) is 0 Å². The number of benzene rings is 2. The Hall–Kier alpha value is -3.05. The number of pyridine rings is 1. The van der Waals surface area contributed by atoms with Crippen molar-refractivity contribution in [3.05, 3.63) is 89.2 Å². The monoisotopic (exact) mass is 401 g/mol. The minimum Gasteiger partial charge on any atom is -0.282 e. The second-order valence-electron chi connectivity index (χ2n) is 7.12. The molecule has 0 aliphatic heterocycles. The lowest BCUT2D eigenvalue weighted by Gasteiger charge is -2.19. The molecule has 5 heteroatoms. The lowest BCUT2D eigenvalue weighted by atomic mass is 10.1. The number of carbonyl (C=O) groups excluding carboxylic acids is 1. The maximum atomic E-state index is 13.3. The molecule has 2 aromatic heterocycles. The summed E-state index contributed by atoms with van der Waals surface area (Å²) in [6, 6.07) is 20.2. The maximum absolute atomic E-state index is 13.3. The summed E-state index contributed by atoms with van der Waals surface area (Å²) < 4.78 is 1.09. The van der Waals surface area contributed by atoms with E-state index in [1.807, 2.05) is 42.5 Å². The topological polar surface area (TPSA) is 46.1 Å². The number of hydrogen-bond donors (Lipinski definition) is 0. The predicted molar refractivity (Wildman–Crippen MR) is 119 cm³/mol. The molecule has 1 amide bonds. The van der Waals surface area contributed by atoms with Crippen LogP contribution in [0.25, 0.3) is 10.2 Å². The molecule has 0 bridgehead atoms. The van der Waals surface area contributed by atoms with E-state index in [1.54, 1.807) is 22.4 Å². The number of nitrogens with zero attached hydrogens (tertiary/aromatic N) is 3. The smallest absolute Gasteiger partial charge is 0.233 e. The predicted octanol–water partition coefficient (Wildman–Crippen LogP) is 5.34. The molecule has 0 atom stereocenters. The number of rotatable bonds is 6. The molecule has 4 aromatic rings. The Kier molecular flexibility index (Phi) is 5.67. The molecule has 0 spiro atoms. The van der Waals surface area contributed by atoms with Crippen molar-refractivity contribution in [2.75, 3.05) is 4.90 Å². The quantitative estimate of drug-likeness (QED) is 0.438. The van der Waals surface area contributed by atoms with Crippen molar-refractivity contribution in [3.8, 4) is 0 Å². The number of thiazole rings is 1. The molecule has 29 heavy (non-hydrogen) atoms. The van der Waals surface area contributed by atoms with E-state index in [1.165, 1.54) is 11.1 Å². The maximum Gasteiger partial charge on any atom is 0.233 e. The average Bonchev–Trinajstić information content (AvgIpc) is 3.16. The standard InChI is InChI=1S/C24H23N3OS/c1-3-18-8-10-19(11-9-18)15-23(28)27(16-20-6-4-5-13-25-20)24-26-21-12-7-17(2)14-22(21)29-24/h4-14H,3,15-16H2,1-2H3. The molecule has 0 fully saturated rings. The molecule has 0 saturated heterocycles. The fourth-order valence-electron chi connectivity index (χ4n) is 3.21. The van der Waals surface area contributed by atoms with Crippen LogP contribution >= 0.6 is 11.3 Å². The summed E-state index contributed by atoms with van der Waals surface area (Å²) in [5, 5.41) is 0.714. The van der Waals surface area contributed by atoms with Crippen LogP contribution in [-0.4, -0.2) is 15.9 Å². The summed E-state index contributed by atoms with van der Waals surface area (Å²) in [6.07, 6.45) is 3.08. The van der Waals surface area contributed by atoms with Crippen LogP contribution in [0.5, 0.6) is 0 Å². The summed E-state index contributed by atoms with van der Waals surface area (Å²) >= 11 is 1.55. The minimum atomic E-state index is 0.0238. The molecule has 2 aromatic carbocycles. The third-order valence-corrected chi connectivity index (χ3v) is 5.94. The van der Waals surface area contributed by atoms with Crippen LogP contribution in [0.4, 0.5) is 5.13 Å². The Morgan fingerprint density at radius 1 is 1.03 bits per heavy atom. The van der Waals surface area contributed by atoms with Crippen LogP contribution < -0.4 is 4.90 Å². The molecule has 2 heterocycles. The zero-order valence-corrected chi connectivity index (χ0v) is 17.4. The Labute approximate surface area is 174 Å². The zero-order valence-electron chi connectivity index (χ0n) is 16.6. The van der Waals surface area contributed by atoms with E-state index >= 15 is 0 Å². The Morgan fingerprint density at radius 2 is 1.83 bits per heavy atom. The van der Waals surface area contributed by atoms with Crippen molar-refractivity contribution in [1.29, 1.82) is 0 Å². The van der Waals surface area contributed by atoms with Crippen LogP contribution in [0.1, 0.15) is 29.3 Å². The normalized spacial score (nSPS) is 11.0. The third kappa shape index (κ3) is 4.51. The highest BCUT2D eigenvalue weighted by molar-refractivity contribution is 7.22. The van der Waals surface area contributed by atoms with Gasteiger partial charge in [0.05, 0.1) is 28.9 Å². The summed E-state index contributed by atoms with van der Waals surface area (Å²) in [4.78, 5) is 24.2. The Bertz CT molecular complexity index is 1120. The molecule has 0 radical (unpaired) electrons.